The molecular weight excluding hydrogens is 356 g/mol. The zero-order valence-electron chi connectivity index (χ0n) is 15.7. The molecule has 0 aliphatic rings. The molecule has 0 saturated heterocycles. The third-order valence-corrected chi connectivity index (χ3v) is 4.55. The maximum absolute atomic E-state index is 12.6. The van der Waals surface area contributed by atoms with E-state index >= 15 is 0 Å². The number of carbonyl (C=O) groups excluding carboxylic acids is 1. The lowest BCUT2D eigenvalue weighted by atomic mass is 10.2. The van der Waals surface area contributed by atoms with Crippen LogP contribution < -0.4 is 10.5 Å². The van der Waals surface area contributed by atoms with Crippen LogP contribution in [0.4, 0.5) is 5.82 Å². The van der Waals surface area contributed by atoms with Crippen molar-refractivity contribution in [3.05, 3.63) is 59.7 Å². The van der Waals surface area contributed by atoms with Crippen molar-refractivity contribution in [2.24, 2.45) is 0 Å². The smallest absolute Gasteiger partial charge is 0.344 e. The Bertz CT molecular complexity index is 1180. The fraction of sp³-hybridized carbons (Fsp3) is 0.190. The molecule has 0 aliphatic heterocycles. The molecule has 142 valence electrons. The van der Waals surface area contributed by atoms with Crippen LogP contribution in [-0.4, -0.2) is 34.2 Å². The third-order valence-electron chi connectivity index (χ3n) is 4.55. The summed E-state index contributed by atoms with van der Waals surface area (Å²) in [5.41, 5.74) is 10.0. The van der Waals surface area contributed by atoms with E-state index in [1.54, 1.807) is 18.6 Å². The highest BCUT2D eigenvalue weighted by Crippen LogP contribution is 2.29. The van der Waals surface area contributed by atoms with Crippen LogP contribution >= 0.6 is 0 Å². The number of nitrogens with zero attached hydrogens (tertiary/aromatic N) is 3. The van der Waals surface area contributed by atoms with Crippen LogP contribution in [0, 0.1) is 0 Å². The summed E-state index contributed by atoms with van der Waals surface area (Å²) in [5.74, 6) is 0.528. The lowest BCUT2D eigenvalue weighted by molar-refractivity contribution is 0.0529. The predicted molar refractivity (Wildman–Crippen MR) is 107 cm³/mol. The molecule has 7 heteroatoms. The number of para-hydroxylation sites is 2. The summed E-state index contributed by atoms with van der Waals surface area (Å²) in [7, 11) is 1.62. The Morgan fingerprint density at radius 2 is 1.86 bits per heavy atom. The van der Waals surface area contributed by atoms with Crippen molar-refractivity contribution in [1.29, 1.82) is 0 Å². The Morgan fingerprint density at radius 3 is 2.57 bits per heavy atom. The fourth-order valence-corrected chi connectivity index (χ4v) is 3.23. The van der Waals surface area contributed by atoms with Gasteiger partial charge in [0.1, 0.15) is 22.6 Å². The first-order chi connectivity index (χ1) is 13.6. The second kappa shape index (κ2) is 7.19. The highest BCUT2D eigenvalue weighted by Gasteiger charge is 2.25. The summed E-state index contributed by atoms with van der Waals surface area (Å²) < 4.78 is 12.3. The van der Waals surface area contributed by atoms with Gasteiger partial charge in [0, 0.05) is 0 Å². The first-order valence-electron chi connectivity index (χ1n) is 8.97. The van der Waals surface area contributed by atoms with Crippen molar-refractivity contribution in [3.63, 3.8) is 0 Å². The van der Waals surface area contributed by atoms with Gasteiger partial charge in [-0.15, -0.1) is 0 Å². The zero-order chi connectivity index (χ0) is 19.7. The van der Waals surface area contributed by atoms with Gasteiger partial charge in [-0.2, -0.15) is 0 Å². The van der Waals surface area contributed by atoms with E-state index in [2.05, 4.69) is 4.98 Å². The van der Waals surface area contributed by atoms with Crippen molar-refractivity contribution in [3.8, 4) is 5.75 Å². The zero-order valence-corrected chi connectivity index (χ0v) is 15.7. The van der Waals surface area contributed by atoms with Crippen LogP contribution in [0.25, 0.3) is 22.2 Å². The number of rotatable bonds is 5. The van der Waals surface area contributed by atoms with E-state index in [1.165, 1.54) is 0 Å². The average Bonchev–Trinajstić information content (AvgIpc) is 2.97. The van der Waals surface area contributed by atoms with Crippen molar-refractivity contribution in [2.45, 2.75) is 13.5 Å². The van der Waals surface area contributed by atoms with Crippen LogP contribution in [0.5, 0.6) is 5.75 Å². The Balaban J connectivity index is 1.94. The minimum atomic E-state index is -0.501. The van der Waals surface area contributed by atoms with Crippen LogP contribution in [0.15, 0.2) is 48.5 Å². The lowest BCUT2D eigenvalue weighted by Gasteiger charge is -2.09. The van der Waals surface area contributed by atoms with Gasteiger partial charge in [0.2, 0.25) is 0 Å². The minimum absolute atomic E-state index is 0.248. The van der Waals surface area contributed by atoms with Gasteiger partial charge in [0.15, 0.2) is 5.65 Å². The van der Waals surface area contributed by atoms with Crippen LogP contribution in [0.1, 0.15) is 22.8 Å². The molecule has 0 fully saturated rings. The summed E-state index contributed by atoms with van der Waals surface area (Å²) in [6.07, 6.45) is 0. The number of nitrogens with two attached hydrogens (primary N) is 1. The summed E-state index contributed by atoms with van der Waals surface area (Å²) in [6, 6.07) is 15.2. The minimum Gasteiger partial charge on any atom is -0.497 e. The van der Waals surface area contributed by atoms with E-state index in [1.807, 2.05) is 48.5 Å². The molecule has 0 atom stereocenters. The molecule has 0 aliphatic carbocycles. The number of carbonyl (C=O) groups is 1. The van der Waals surface area contributed by atoms with Gasteiger partial charge in [-0.1, -0.05) is 24.3 Å². The summed E-state index contributed by atoms with van der Waals surface area (Å²) in [6.45, 7) is 2.43. The largest absolute Gasteiger partial charge is 0.497 e. The molecule has 2 aromatic heterocycles. The molecule has 0 spiro atoms. The SMILES string of the molecule is CCOC(=O)c1c(N)n(Cc2cccc(OC)c2)c2nc3ccccc3nc12. The predicted octanol–water partition coefficient (Wildman–Crippen LogP) is 3.40. The average molecular weight is 376 g/mol. The third kappa shape index (κ3) is 3.00. The maximum Gasteiger partial charge on any atom is 0.344 e. The molecule has 2 aromatic carbocycles. The molecule has 4 aromatic rings. The van der Waals surface area contributed by atoms with Crippen molar-refractivity contribution in [1.82, 2.24) is 14.5 Å². The molecule has 0 bridgehead atoms. The normalized spacial score (nSPS) is 11.1. The second-order valence-electron chi connectivity index (χ2n) is 6.30. The number of hydrogen-bond acceptors (Lipinski definition) is 6. The molecule has 0 saturated carbocycles. The molecule has 28 heavy (non-hydrogen) atoms. The number of anilines is 1. The van der Waals surface area contributed by atoms with Crippen molar-refractivity contribution < 1.29 is 14.3 Å². The molecule has 4 rings (SSSR count). The topological polar surface area (TPSA) is 92.3 Å². The van der Waals surface area contributed by atoms with Crippen LogP contribution in [-0.2, 0) is 11.3 Å². The van der Waals surface area contributed by atoms with E-state index < -0.39 is 5.97 Å². The molecular formula is C21H20N4O3. The highest BCUT2D eigenvalue weighted by molar-refractivity contribution is 6.08. The van der Waals surface area contributed by atoms with Crippen LogP contribution in [0.2, 0.25) is 0 Å². The van der Waals surface area contributed by atoms with E-state index in [0.717, 1.165) is 16.8 Å². The maximum atomic E-state index is 12.6. The number of esters is 1. The van der Waals surface area contributed by atoms with Gasteiger partial charge in [-0.05, 0) is 36.8 Å². The van der Waals surface area contributed by atoms with Gasteiger partial charge in [-0.3, -0.25) is 0 Å². The quantitative estimate of drug-likeness (QED) is 0.537. The van der Waals surface area contributed by atoms with Gasteiger partial charge in [-0.25, -0.2) is 14.8 Å². The highest BCUT2D eigenvalue weighted by atomic mass is 16.5. The summed E-state index contributed by atoms with van der Waals surface area (Å²) in [5, 5.41) is 0. The number of ether oxygens (including phenoxy) is 2. The second-order valence-corrected chi connectivity index (χ2v) is 6.30. The Morgan fingerprint density at radius 1 is 1.11 bits per heavy atom. The lowest BCUT2D eigenvalue weighted by Crippen LogP contribution is -2.10. The summed E-state index contributed by atoms with van der Waals surface area (Å²) in [4.78, 5) is 21.9. The molecule has 0 unspecified atom stereocenters. The number of benzene rings is 2. The van der Waals surface area contributed by atoms with Gasteiger partial charge >= 0.3 is 5.97 Å². The number of fused-ring (bicyclic) bond motifs is 2. The number of aromatic nitrogens is 3. The fourth-order valence-electron chi connectivity index (χ4n) is 3.23. The Kier molecular flexibility index (Phi) is 4.57. The molecule has 0 radical (unpaired) electrons. The Labute approximate surface area is 161 Å². The van der Waals surface area contributed by atoms with Crippen LogP contribution in [0.3, 0.4) is 0 Å². The summed E-state index contributed by atoms with van der Waals surface area (Å²) >= 11 is 0. The van der Waals surface area contributed by atoms with Crippen molar-refractivity contribution in [2.75, 3.05) is 19.5 Å². The number of methoxy groups -OCH3 is 1. The number of hydrogen-bond donors (Lipinski definition) is 1. The Hall–Kier alpha value is -3.61. The van der Waals surface area contributed by atoms with E-state index in [-0.39, 0.29) is 18.0 Å². The van der Waals surface area contributed by atoms with E-state index in [4.69, 9.17) is 20.2 Å². The van der Waals surface area contributed by atoms with Gasteiger partial charge in [0.05, 0.1) is 31.3 Å². The number of nitrogen functional groups attached to an aromatic ring is 1. The molecule has 7 nitrogen and oxygen atoms in total. The van der Waals surface area contributed by atoms with Gasteiger partial charge < -0.3 is 19.8 Å². The first-order valence-corrected chi connectivity index (χ1v) is 8.97. The standard InChI is InChI=1S/C21H20N4O3/c1-3-28-21(26)17-18-20(24-16-10-5-4-9-15(16)23-18)25(19(17)22)12-13-7-6-8-14(11-13)27-2/h4-11H,3,12,22H2,1-2H3. The van der Waals surface area contributed by atoms with E-state index in [0.29, 0.717) is 23.2 Å². The van der Waals surface area contributed by atoms with E-state index in [9.17, 15) is 4.79 Å². The molecule has 2 N–H and O–H groups in total. The van der Waals surface area contributed by atoms with Gasteiger partial charge in [0.25, 0.3) is 0 Å². The monoisotopic (exact) mass is 376 g/mol. The first kappa shape index (κ1) is 17.8. The van der Waals surface area contributed by atoms with Crippen molar-refractivity contribution >= 4 is 34.0 Å². The molecule has 0 amide bonds. The molecule has 2 heterocycles.